The summed E-state index contributed by atoms with van der Waals surface area (Å²) in [5.41, 5.74) is 2.33. The van der Waals surface area contributed by atoms with E-state index in [9.17, 15) is 13.2 Å². The molecular formula is C23H31N3O4S. The minimum absolute atomic E-state index is 0.163. The normalized spacial score (nSPS) is 14.9. The first-order valence-corrected chi connectivity index (χ1v) is 12.0. The number of benzene rings is 2. The van der Waals surface area contributed by atoms with Crippen molar-refractivity contribution in [3.63, 3.8) is 0 Å². The van der Waals surface area contributed by atoms with Crippen LogP contribution in [0.4, 0.5) is 5.69 Å². The molecule has 1 aliphatic rings. The number of hydrogen-bond donors (Lipinski definition) is 1. The molecular weight excluding hydrogens is 414 g/mol. The number of rotatable bonds is 9. The number of carbonyl (C=O) groups is 1. The quantitative estimate of drug-likeness (QED) is 0.600. The van der Waals surface area contributed by atoms with Crippen molar-refractivity contribution in [1.82, 2.24) is 10.2 Å². The molecule has 0 saturated carbocycles. The maximum Gasteiger partial charge on any atom is 0.264 e. The van der Waals surface area contributed by atoms with Crippen LogP contribution in [0, 0.1) is 13.8 Å². The summed E-state index contributed by atoms with van der Waals surface area (Å²) < 4.78 is 33.3. The first-order valence-electron chi connectivity index (χ1n) is 10.6. The molecule has 8 heteroatoms. The molecule has 1 saturated heterocycles. The molecule has 1 aliphatic heterocycles. The summed E-state index contributed by atoms with van der Waals surface area (Å²) in [5, 5.41) is 2.88. The average Bonchev–Trinajstić information content (AvgIpc) is 2.78. The second-order valence-electron chi connectivity index (χ2n) is 7.70. The van der Waals surface area contributed by atoms with Crippen LogP contribution in [0.5, 0.6) is 0 Å². The number of sulfonamides is 1. The molecule has 0 atom stereocenters. The summed E-state index contributed by atoms with van der Waals surface area (Å²) in [6, 6.07) is 13.7. The zero-order chi connectivity index (χ0) is 22.3. The molecule has 0 bridgehead atoms. The van der Waals surface area contributed by atoms with E-state index in [2.05, 4.69) is 10.2 Å². The first kappa shape index (κ1) is 23.2. The maximum atomic E-state index is 13.4. The highest BCUT2D eigenvalue weighted by molar-refractivity contribution is 7.92. The van der Waals surface area contributed by atoms with Gasteiger partial charge in [0.05, 0.1) is 23.8 Å². The molecule has 2 aromatic rings. The molecule has 0 aromatic heterocycles. The number of morpholine rings is 1. The van der Waals surface area contributed by atoms with Gasteiger partial charge in [-0.05, 0) is 56.1 Å². The lowest BCUT2D eigenvalue weighted by Gasteiger charge is -2.27. The first-order chi connectivity index (χ1) is 14.9. The van der Waals surface area contributed by atoms with Gasteiger partial charge in [-0.25, -0.2) is 8.42 Å². The second-order valence-corrected chi connectivity index (χ2v) is 9.56. The highest BCUT2D eigenvalue weighted by atomic mass is 32.2. The summed E-state index contributed by atoms with van der Waals surface area (Å²) >= 11 is 0. The van der Waals surface area contributed by atoms with E-state index >= 15 is 0 Å². The van der Waals surface area contributed by atoms with Crippen LogP contribution in [0.1, 0.15) is 17.5 Å². The number of anilines is 1. The van der Waals surface area contributed by atoms with Crippen molar-refractivity contribution in [3.8, 4) is 0 Å². The molecule has 0 spiro atoms. The van der Waals surface area contributed by atoms with Crippen LogP contribution in [-0.4, -0.2) is 65.2 Å². The molecule has 1 N–H and O–H groups in total. The number of amides is 1. The van der Waals surface area contributed by atoms with Gasteiger partial charge in [0.25, 0.3) is 10.0 Å². The number of hydrogen-bond acceptors (Lipinski definition) is 5. The minimum atomic E-state index is -3.89. The van der Waals surface area contributed by atoms with Crippen LogP contribution in [0.15, 0.2) is 53.4 Å². The van der Waals surface area contributed by atoms with Crippen molar-refractivity contribution in [3.05, 3.63) is 59.7 Å². The van der Waals surface area contributed by atoms with E-state index in [1.165, 1.54) is 4.31 Å². The molecule has 2 aromatic carbocycles. The summed E-state index contributed by atoms with van der Waals surface area (Å²) in [4.78, 5) is 15.2. The number of aryl methyl sites for hydroxylation is 1. The Morgan fingerprint density at radius 3 is 2.48 bits per heavy atom. The highest BCUT2D eigenvalue weighted by Crippen LogP contribution is 2.28. The lowest BCUT2D eigenvalue weighted by Crippen LogP contribution is -2.42. The Bertz CT molecular complexity index is 974. The van der Waals surface area contributed by atoms with Gasteiger partial charge < -0.3 is 10.1 Å². The second kappa shape index (κ2) is 10.7. The molecule has 31 heavy (non-hydrogen) atoms. The van der Waals surface area contributed by atoms with Gasteiger partial charge in [0.15, 0.2) is 0 Å². The Morgan fingerprint density at radius 1 is 1.06 bits per heavy atom. The molecule has 1 heterocycles. The Kier molecular flexibility index (Phi) is 8.06. The number of nitrogens with one attached hydrogen (secondary N) is 1. The predicted molar refractivity (Wildman–Crippen MR) is 122 cm³/mol. The van der Waals surface area contributed by atoms with Crippen LogP contribution in [0.2, 0.25) is 0 Å². The Morgan fingerprint density at radius 2 is 1.77 bits per heavy atom. The summed E-state index contributed by atoms with van der Waals surface area (Å²) in [6.45, 7) is 8.22. The largest absolute Gasteiger partial charge is 0.379 e. The molecule has 0 unspecified atom stereocenters. The van der Waals surface area contributed by atoms with Crippen LogP contribution in [0.25, 0.3) is 0 Å². The Balaban J connectivity index is 1.71. The van der Waals surface area contributed by atoms with Crippen LogP contribution in [0.3, 0.4) is 0 Å². The molecule has 3 rings (SSSR count). The maximum absolute atomic E-state index is 13.4. The smallest absolute Gasteiger partial charge is 0.264 e. The number of carbonyl (C=O) groups excluding carboxylic acids is 1. The van der Waals surface area contributed by atoms with Gasteiger partial charge in [-0.3, -0.25) is 14.0 Å². The van der Waals surface area contributed by atoms with E-state index in [-0.39, 0.29) is 17.3 Å². The molecule has 1 amide bonds. The van der Waals surface area contributed by atoms with Gasteiger partial charge in [0.1, 0.15) is 6.54 Å². The number of ether oxygens (including phenoxy) is 1. The van der Waals surface area contributed by atoms with Crippen LogP contribution < -0.4 is 9.62 Å². The van der Waals surface area contributed by atoms with Crippen molar-refractivity contribution >= 4 is 21.6 Å². The van der Waals surface area contributed by atoms with Gasteiger partial charge in [-0.2, -0.15) is 0 Å². The third kappa shape index (κ3) is 6.06. The summed E-state index contributed by atoms with van der Waals surface area (Å²) in [6.07, 6.45) is 0.806. The Labute approximate surface area is 185 Å². The molecule has 0 radical (unpaired) electrons. The standard InChI is InChI=1S/C23H31N3O4S/c1-19-8-6-11-22(20(19)2)26(31(28,29)21-9-4-3-5-10-21)18-23(27)24-12-7-13-25-14-16-30-17-15-25/h3-6,8-11H,7,12-18H2,1-2H3,(H,24,27). The van der Waals surface area contributed by atoms with Gasteiger partial charge in [0, 0.05) is 19.6 Å². The van der Waals surface area contributed by atoms with Crippen molar-refractivity contribution in [2.75, 3.05) is 50.2 Å². The van der Waals surface area contributed by atoms with Crippen LogP contribution in [-0.2, 0) is 19.6 Å². The topological polar surface area (TPSA) is 79.0 Å². The SMILES string of the molecule is Cc1cccc(N(CC(=O)NCCCN2CCOCC2)S(=O)(=O)c2ccccc2)c1C. The zero-order valence-corrected chi connectivity index (χ0v) is 19.0. The zero-order valence-electron chi connectivity index (χ0n) is 18.2. The van der Waals surface area contributed by atoms with Crippen molar-refractivity contribution < 1.29 is 17.9 Å². The Hall–Kier alpha value is -2.42. The average molecular weight is 446 g/mol. The van der Waals surface area contributed by atoms with Crippen molar-refractivity contribution in [2.45, 2.75) is 25.2 Å². The number of nitrogens with zero attached hydrogens (tertiary/aromatic N) is 2. The van der Waals surface area contributed by atoms with E-state index in [0.29, 0.717) is 12.2 Å². The van der Waals surface area contributed by atoms with E-state index in [1.54, 1.807) is 36.4 Å². The lowest BCUT2D eigenvalue weighted by molar-refractivity contribution is -0.119. The fraction of sp³-hybridized carbons (Fsp3) is 0.435. The third-order valence-corrected chi connectivity index (χ3v) is 7.31. The molecule has 168 valence electrons. The predicted octanol–water partition coefficient (Wildman–Crippen LogP) is 2.34. The molecule has 7 nitrogen and oxygen atoms in total. The third-order valence-electron chi connectivity index (χ3n) is 5.54. The van der Waals surface area contributed by atoms with Crippen molar-refractivity contribution in [1.29, 1.82) is 0 Å². The van der Waals surface area contributed by atoms with Crippen molar-refractivity contribution in [2.24, 2.45) is 0 Å². The van der Waals surface area contributed by atoms with E-state index in [4.69, 9.17) is 4.74 Å². The van der Waals surface area contributed by atoms with Gasteiger partial charge in [-0.1, -0.05) is 30.3 Å². The van der Waals surface area contributed by atoms with E-state index in [0.717, 1.165) is 50.4 Å². The molecule has 0 aliphatic carbocycles. The van der Waals surface area contributed by atoms with E-state index < -0.39 is 10.0 Å². The lowest BCUT2D eigenvalue weighted by atomic mass is 10.1. The minimum Gasteiger partial charge on any atom is -0.379 e. The monoisotopic (exact) mass is 445 g/mol. The molecule has 1 fully saturated rings. The summed E-state index contributed by atoms with van der Waals surface area (Å²) in [5.74, 6) is -0.317. The van der Waals surface area contributed by atoms with Crippen LogP contribution >= 0.6 is 0 Å². The van der Waals surface area contributed by atoms with E-state index in [1.807, 2.05) is 26.0 Å². The fourth-order valence-corrected chi connectivity index (χ4v) is 5.07. The van der Waals surface area contributed by atoms with Gasteiger partial charge in [-0.15, -0.1) is 0 Å². The highest BCUT2D eigenvalue weighted by Gasteiger charge is 2.28. The van der Waals surface area contributed by atoms with Gasteiger partial charge in [0.2, 0.25) is 5.91 Å². The van der Waals surface area contributed by atoms with Gasteiger partial charge >= 0.3 is 0 Å². The summed E-state index contributed by atoms with van der Waals surface area (Å²) in [7, 11) is -3.89. The fourth-order valence-electron chi connectivity index (χ4n) is 3.57.